The van der Waals surface area contributed by atoms with Crippen LogP contribution in [0.5, 0.6) is 5.75 Å². The summed E-state index contributed by atoms with van der Waals surface area (Å²) in [5.74, 6) is -2.11. The average molecular weight is 502 g/mol. The number of benzene rings is 2. The molecule has 2 aliphatic carbocycles. The number of phenols is 1. The first-order valence-corrected chi connectivity index (χ1v) is 13.2. The van der Waals surface area contributed by atoms with Crippen molar-refractivity contribution in [2.24, 2.45) is 17.8 Å². The number of carbonyl (C=O) groups is 2. The number of ketones is 2. The summed E-state index contributed by atoms with van der Waals surface area (Å²) in [4.78, 5) is 27.1. The van der Waals surface area contributed by atoms with Gasteiger partial charge in [0.25, 0.3) is 0 Å². The van der Waals surface area contributed by atoms with Crippen molar-refractivity contribution in [1.82, 2.24) is 0 Å². The summed E-state index contributed by atoms with van der Waals surface area (Å²) in [7, 11) is -1.00. The second-order valence-corrected chi connectivity index (χ2v) is 10.4. The molecule has 0 amide bonds. The molecule has 1 heterocycles. The zero-order chi connectivity index (χ0) is 26.3. The number of phenolic OH excluding ortho intramolecular Hbond substituents is 1. The molecule has 192 valence electrons. The van der Waals surface area contributed by atoms with Crippen LogP contribution in [0.4, 0.5) is 4.39 Å². The number of carbonyl (C=O) groups excluding carboxylic acids is 2. The fourth-order valence-corrected chi connectivity index (χ4v) is 6.52. The first-order valence-electron chi connectivity index (χ1n) is 13.2. The van der Waals surface area contributed by atoms with Crippen molar-refractivity contribution >= 4 is 24.8 Å². The van der Waals surface area contributed by atoms with Gasteiger partial charge in [-0.2, -0.15) is 0 Å². The van der Waals surface area contributed by atoms with Gasteiger partial charge >= 0.3 is 7.12 Å². The molecule has 0 bridgehead atoms. The van der Waals surface area contributed by atoms with Crippen LogP contribution in [-0.4, -0.2) is 34.9 Å². The Morgan fingerprint density at radius 2 is 1.84 bits per heavy atom. The molecule has 0 saturated carbocycles. The molecule has 2 N–H and O–H groups in total. The lowest BCUT2D eigenvalue weighted by Crippen LogP contribution is -2.50. The van der Waals surface area contributed by atoms with E-state index in [0.29, 0.717) is 42.3 Å². The van der Waals surface area contributed by atoms with E-state index >= 15 is 0 Å². The highest BCUT2D eigenvalue weighted by Gasteiger charge is 2.53. The fourth-order valence-electron chi connectivity index (χ4n) is 6.52. The van der Waals surface area contributed by atoms with Gasteiger partial charge in [-0.25, -0.2) is 4.39 Å². The predicted octanol–water partition coefficient (Wildman–Crippen LogP) is 6.02. The number of fused-ring (bicyclic) bond motifs is 4. The Labute approximate surface area is 217 Å². The Bertz CT molecular complexity index is 1300. The number of hydrogen-bond acceptors (Lipinski definition) is 5. The Morgan fingerprint density at radius 1 is 1.11 bits per heavy atom. The molecule has 4 atom stereocenters. The van der Waals surface area contributed by atoms with Crippen molar-refractivity contribution in [3.63, 3.8) is 0 Å². The lowest BCUT2D eigenvalue weighted by atomic mass is 9.54. The second-order valence-electron chi connectivity index (χ2n) is 10.4. The third kappa shape index (κ3) is 4.71. The zero-order valence-corrected chi connectivity index (χ0v) is 21.2. The van der Waals surface area contributed by atoms with Crippen LogP contribution < -0.4 is 0 Å². The van der Waals surface area contributed by atoms with Crippen molar-refractivity contribution < 1.29 is 28.8 Å². The summed E-state index contributed by atoms with van der Waals surface area (Å²) in [5.41, 5.74) is 5.01. The highest BCUT2D eigenvalue weighted by Crippen LogP contribution is 2.51. The predicted molar refractivity (Wildman–Crippen MR) is 141 cm³/mol. The van der Waals surface area contributed by atoms with Gasteiger partial charge in [0.1, 0.15) is 0 Å². The minimum absolute atomic E-state index is 0.00537. The molecular weight excluding hydrogens is 470 g/mol. The first kappa shape index (κ1) is 25.6. The largest absolute Gasteiger partial charge is 0.505 e. The quantitative estimate of drug-likeness (QED) is 0.373. The van der Waals surface area contributed by atoms with Crippen LogP contribution in [0.15, 0.2) is 59.2 Å². The molecule has 0 radical (unpaired) electrons. The minimum Gasteiger partial charge on any atom is -0.505 e. The second kappa shape index (κ2) is 10.4. The van der Waals surface area contributed by atoms with E-state index in [2.05, 4.69) is 6.92 Å². The van der Waals surface area contributed by atoms with Crippen molar-refractivity contribution in [2.75, 3.05) is 0 Å². The molecule has 2 aromatic carbocycles. The van der Waals surface area contributed by atoms with Crippen LogP contribution in [0.1, 0.15) is 72.2 Å². The van der Waals surface area contributed by atoms with Crippen molar-refractivity contribution in [3.05, 3.63) is 81.7 Å². The average Bonchev–Trinajstić information content (AvgIpc) is 2.90. The van der Waals surface area contributed by atoms with Gasteiger partial charge < -0.3 is 14.8 Å². The number of hydrogen-bond donors (Lipinski definition) is 2. The summed E-state index contributed by atoms with van der Waals surface area (Å²) < 4.78 is 19.9. The van der Waals surface area contributed by atoms with E-state index in [1.165, 1.54) is 12.1 Å². The molecule has 0 spiro atoms. The highest BCUT2D eigenvalue weighted by atomic mass is 19.1. The molecular formula is C30H32BFO5. The lowest BCUT2D eigenvalue weighted by molar-refractivity contribution is 0.0599. The third-order valence-corrected chi connectivity index (χ3v) is 8.31. The first-order chi connectivity index (χ1) is 17.8. The molecule has 5 nitrogen and oxygen atoms in total. The van der Waals surface area contributed by atoms with E-state index in [1.54, 1.807) is 30.3 Å². The standard InChI is InChI=1S/C30H32BFO5/c1-3-17(13-18-9-11-25(33)24(32)14-18)10-12-26-27-19(4-2)15-22-28(23(27)16-31(36)37-26)30(35)21-8-6-5-7-20(21)29(22)34/h5-9,11,13-14,22-23,26,28,33,36H,3-4,10,12,15-16H2,1-2H3/b17-13+/t22-,23+,26-,28-/m1/s1. The van der Waals surface area contributed by atoms with Crippen LogP contribution in [0, 0.1) is 23.6 Å². The van der Waals surface area contributed by atoms with E-state index in [9.17, 15) is 24.1 Å². The fraction of sp³-hybridized carbons (Fsp3) is 0.400. The van der Waals surface area contributed by atoms with E-state index < -0.39 is 24.8 Å². The molecule has 7 heteroatoms. The molecule has 0 unspecified atom stereocenters. The van der Waals surface area contributed by atoms with Gasteiger partial charge in [-0.05, 0) is 67.6 Å². The summed E-state index contributed by atoms with van der Waals surface area (Å²) in [5, 5.41) is 20.2. The molecule has 3 aliphatic rings. The maximum absolute atomic E-state index is 13.8. The third-order valence-electron chi connectivity index (χ3n) is 8.31. The van der Waals surface area contributed by atoms with Gasteiger partial charge in [0.2, 0.25) is 0 Å². The number of rotatable bonds is 6. The zero-order valence-electron chi connectivity index (χ0n) is 21.2. The van der Waals surface area contributed by atoms with Crippen LogP contribution in [0.3, 0.4) is 0 Å². The van der Waals surface area contributed by atoms with Gasteiger partial charge in [0.15, 0.2) is 23.1 Å². The van der Waals surface area contributed by atoms with E-state index in [1.807, 2.05) is 13.0 Å². The number of Topliss-reactive ketones (excluding diaryl/α,β-unsaturated/α-hetero) is 2. The van der Waals surface area contributed by atoms with Crippen molar-refractivity contribution in [3.8, 4) is 5.75 Å². The number of allylic oxidation sites excluding steroid dienone is 2. The van der Waals surface area contributed by atoms with Crippen molar-refractivity contribution in [1.29, 1.82) is 0 Å². The topological polar surface area (TPSA) is 83.8 Å². The maximum atomic E-state index is 13.8. The minimum atomic E-state index is -1.00. The molecule has 5 rings (SSSR count). The van der Waals surface area contributed by atoms with E-state index in [0.717, 1.165) is 29.6 Å². The van der Waals surface area contributed by atoms with Crippen LogP contribution in [0.25, 0.3) is 6.08 Å². The molecule has 1 saturated heterocycles. The number of halogens is 1. The molecule has 1 aliphatic heterocycles. The molecule has 2 aromatic rings. The molecule has 37 heavy (non-hydrogen) atoms. The van der Waals surface area contributed by atoms with Crippen LogP contribution in [-0.2, 0) is 4.65 Å². The summed E-state index contributed by atoms with van der Waals surface area (Å²) in [6.07, 6.45) is 5.23. The van der Waals surface area contributed by atoms with Crippen molar-refractivity contribution in [2.45, 2.75) is 58.4 Å². The summed E-state index contributed by atoms with van der Waals surface area (Å²) in [6.45, 7) is 4.11. The maximum Gasteiger partial charge on any atom is 0.455 e. The SMILES string of the molecule is CCC1=C2[C@@H](CC/C(=C/c3ccc(O)c(F)c3)CC)OB(O)C[C@@H]2[C@@H]2C(=O)c3ccccc3C(=O)[C@@H]2C1. The van der Waals surface area contributed by atoms with Crippen LogP contribution in [0.2, 0.25) is 6.32 Å². The summed E-state index contributed by atoms with van der Waals surface area (Å²) >= 11 is 0. The number of aromatic hydroxyl groups is 1. The van der Waals surface area contributed by atoms with E-state index in [-0.39, 0.29) is 29.3 Å². The van der Waals surface area contributed by atoms with Crippen LogP contribution >= 0.6 is 0 Å². The Balaban J connectivity index is 1.44. The monoisotopic (exact) mass is 502 g/mol. The van der Waals surface area contributed by atoms with E-state index in [4.69, 9.17) is 4.65 Å². The van der Waals surface area contributed by atoms with Gasteiger partial charge in [-0.1, -0.05) is 61.4 Å². The van der Waals surface area contributed by atoms with Gasteiger partial charge in [0, 0.05) is 23.0 Å². The van der Waals surface area contributed by atoms with Gasteiger partial charge in [-0.15, -0.1) is 0 Å². The highest BCUT2D eigenvalue weighted by molar-refractivity contribution is 6.43. The molecule has 0 aromatic heterocycles. The smallest absolute Gasteiger partial charge is 0.455 e. The molecule has 1 fully saturated rings. The normalized spacial score (nSPS) is 25.6. The Hall–Kier alpha value is -3.03. The summed E-state index contributed by atoms with van der Waals surface area (Å²) in [6, 6.07) is 11.4. The lowest BCUT2D eigenvalue weighted by Gasteiger charge is -2.47. The van der Waals surface area contributed by atoms with Gasteiger partial charge in [-0.3, -0.25) is 9.59 Å². The van der Waals surface area contributed by atoms with Gasteiger partial charge in [0.05, 0.1) is 6.10 Å². The Morgan fingerprint density at radius 3 is 2.51 bits per heavy atom. The Kier molecular flexibility index (Phi) is 7.19.